The van der Waals surface area contributed by atoms with Crippen LogP contribution < -0.4 is 0 Å². The van der Waals surface area contributed by atoms with Crippen LogP contribution in [0.25, 0.3) is 0 Å². The van der Waals surface area contributed by atoms with Gasteiger partial charge >= 0.3 is 0 Å². The highest BCUT2D eigenvalue weighted by Crippen LogP contribution is 2.40. The number of rotatable bonds is 2. The summed E-state index contributed by atoms with van der Waals surface area (Å²) >= 11 is 7.96. The van der Waals surface area contributed by atoms with E-state index < -0.39 is 0 Å². The van der Waals surface area contributed by atoms with Gasteiger partial charge in [-0.2, -0.15) is 5.10 Å². The van der Waals surface area contributed by atoms with Gasteiger partial charge in [-0.05, 0) is 18.6 Å². The van der Waals surface area contributed by atoms with Crippen LogP contribution in [0.15, 0.2) is 35.4 Å². The summed E-state index contributed by atoms with van der Waals surface area (Å²) in [5.74, 6) is 1.68. The molecule has 1 atom stereocenters. The third-order valence-corrected chi connectivity index (χ3v) is 4.72. The summed E-state index contributed by atoms with van der Waals surface area (Å²) in [6.07, 6.45) is 1.92. The number of aromatic nitrogens is 2. The molecule has 0 fully saturated rings. The van der Waals surface area contributed by atoms with E-state index in [1.54, 1.807) is 0 Å². The van der Waals surface area contributed by atoms with Crippen LogP contribution in [0.2, 0.25) is 5.02 Å². The number of fused-ring (bicyclic) bond motifs is 1. The van der Waals surface area contributed by atoms with Crippen LogP contribution in [-0.4, -0.2) is 15.5 Å². The molecule has 2 heterocycles. The van der Waals surface area contributed by atoms with Gasteiger partial charge in [0.15, 0.2) is 0 Å². The second kappa shape index (κ2) is 4.39. The van der Waals surface area contributed by atoms with Gasteiger partial charge < -0.3 is 0 Å². The van der Waals surface area contributed by atoms with Gasteiger partial charge in [-0.15, -0.1) is 11.8 Å². The topological polar surface area (TPSA) is 17.8 Å². The fraction of sp³-hybridized carbons (Fsp3) is 0.308. The highest BCUT2D eigenvalue weighted by atomic mass is 35.5. The predicted octanol–water partition coefficient (Wildman–Crippen LogP) is 3.73. The average Bonchev–Trinajstić information content (AvgIpc) is 2.85. The second-order valence-corrected chi connectivity index (χ2v) is 5.80. The lowest BCUT2D eigenvalue weighted by Crippen LogP contribution is -2.09. The zero-order valence-corrected chi connectivity index (χ0v) is 11.1. The molecule has 88 valence electrons. The number of thioether (sulfide) groups is 1. The van der Waals surface area contributed by atoms with E-state index in [2.05, 4.69) is 29.4 Å². The van der Waals surface area contributed by atoms with Crippen molar-refractivity contribution in [3.05, 3.63) is 46.7 Å². The summed E-state index contributed by atoms with van der Waals surface area (Å²) in [6, 6.07) is 8.63. The highest BCUT2D eigenvalue weighted by molar-refractivity contribution is 7.99. The molecule has 0 saturated carbocycles. The first-order chi connectivity index (χ1) is 8.24. The molecule has 1 aromatic heterocycles. The average molecular weight is 265 g/mol. The standard InChI is InChI=1S/C13H13ClN2S/c1-9-12(14)7-16(15-9)6-10-8-17-13-5-3-2-4-11(10)13/h2-5,7,10H,6,8H2,1H3. The van der Waals surface area contributed by atoms with Gasteiger partial charge in [-0.1, -0.05) is 29.8 Å². The van der Waals surface area contributed by atoms with Crippen LogP contribution in [0, 0.1) is 6.92 Å². The first-order valence-corrected chi connectivity index (χ1v) is 7.01. The first-order valence-electron chi connectivity index (χ1n) is 5.65. The molecule has 2 aromatic rings. The van der Waals surface area contributed by atoms with Gasteiger partial charge in [0.05, 0.1) is 10.7 Å². The molecule has 17 heavy (non-hydrogen) atoms. The zero-order chi connectivity index (χ0) is 11.8. The Morgan fingerprint density at radius 3 is 3.06 bits per heavy atom. The molecule has 0 saturated heterocycles. The molecule has 4 heteroatoms. The molecule has 0 radical (unpaired) electrons. The van der Waals surface area contributed by atoms with E-state index in [4.69, 9.17) is 11.6 Å². The highest BCUT2D eigenvalue weighted by Gasteiger charge is 2.23. The second-order valence-electron chi connectivity index (χ2n) is 4.33. The van der Waals surface area contributed by atoms with E-state index in [0.29, 0.717) is 5.92 Å². The number of nitrogens with zero attached hydrogens (tertiary/aromatic N) is 2. The normalized spacial score (nSPS) is 18.4. The van der Waals surface area contributed by atoms with Crippen molar-refractivity contribution in [3.8, 4) is 0 Å². The molecular formula is C13H13ClN2S. The molecule has 1 aliphatic rings. The number of halogens is 1. The van der Waals surface area contributed by atoms with Crippen molar-refractivity contribution in [2.24, 2.45) is 0 Å². The molecule has 1 aliphatic heterocycles. The van der Waals surface area contributed by atoms with Gasteiger partial charge in [0, 0.05) is 29.3 Å². The molecule has 1 unspecified atom stereocenters. The number of hydrogen-bond acceptors (Lipinski definition) is 2. The lowest BCUT2D eigenvalue weighted by atomic mass is 10.0. The Balaban J connectivity index is 1.84. The first kappa shape index (κ1) is 11.2. The van der Waals surface area contributed by atoms with Crippen molar-refractivity contribution in [2.45, 2.75) is 24.3 Å². The lowest BCUT2D eigenvalue weighted by molar-refractivity contribution is 0.546. The van der Waals surface area contributed by atoms with Crippen molar-refractivity contribution in [1.29, 1.82) is 0 Å². The van der Waals surface area contributed by atoms with Crippen molar-refractivity contribution in [3.63, 3.8) is 0 Å². The Hall–Kier alpha value is -0.930. The summed E-state index contributed by atoms with van der Waals surface area (Å²) in [5, 5.41) is 5.18. The van der Waals surface area contributed by atoms with Crippen LogP contribution >= 0.6 is 23.4 Å². The van der Waals surface area contributed by atoms with Gasteiger partial charge in [0.2, 0.25) is 0 Å². The van der Waals surface area contributed by atoms with Crippen molar-refractivity contribution >= 4 is 23.4 Å². The van der Waals surface area contributed by atoms with E-state index in [1.165, 1.54) is 10.5 Å². The Kier molecular flexibility index (Phi) is 2.89. The van der Waals surface area contributed by atoms with Crippen LogP contribution in [0.5, 0.6) is 0 Å². The maximum absolute atomic E-state index is 6.03. The smallest absolute Gasteiger partial charge is 0.0814 e. The van der Waals surface area contributed by atoms with Gasteiger partial charge in [-0.25, -0.2) is 0 Å². The SMILES string of the molecule is Cc1nn(CC2CSc3ccccc32)cc1Cl. The maximum atomic E-state index is 6.03. The van der Waals surface area contributed by atoms with Crippen LogP contribution in [-0.2, 0) is 6.54 Å². The van der Waals surface area contributed by atoms with Gasteiger partial charge in [-0.3, -0.25) is 4.68 Å². The number of benzene rings is 1. The number of aryl methyl sites for hydroxylation is 1. The molecular weight excluding hydrogens is 252 g/mol. The Bertz CT molecular complexity index is 531. The molecule has 0 aliphatic carbocycles. The molecule has 0 bridgehead atoms. The molecule has 2 nitrogen and oxygen atoms in total. The minimum atomic E-state index is 0.548. The predicted molar refractivity (Wildman–Crippen MR) is 71.9 cm³/mol. The Morgan fingerprint density at radius 1 is 1.47 bits per heavy atom. The Morgan fingerprint density at radius 2 is 2.29 bits per heavy atom. The fourth-order valence-electron chi connectivity index (χ4n) is 2.19. The van der Waals surface area contributed by atoms with Crippen LogP contribution in [0.3, 0.4) is 0 Å². The molecule has 3 rings (SSSR count). The Labute approximate surface area is 110 Å². The van der Waals surface area contributed by atoms with Crippen LogP contribution in [0.1, 0.15) is 17.2 Å². The minimum Gasteiger partial charge on any atom is -0.270 e. The largest absolute Gasteiger partial charge is 0.270 e. The van der Waals surface area contributed by atoms with Crippen LogP contribution in [0.4, 0.5) is 0 Å². The summed E-state index contributed by atoms with van der Waals surface area (Å²) < 4.78 is 1.96. The molecule has 1 aromatic carbocycles. The number of hydrogen-bond donors (Lipinski definition) is 0. The maximum Gasteiger partial charge on any atom is 0.0814 e. The zero-order valence-electron chi connectivity index (χ0n) is 9.56. The van der Waals surface area contributed by atoms with Gasteiger partial charge in [0.25, 0.3) is 0 Å². The third kappa shape index (κ3) is 2.09. The summed E-state index contributed by atoms with van der Waals surface area (Å²) in [7, 11) is 0. The van der Waals surface area contributed by atoms with E-state index in [1.807, 2.05) is 29.6 Å². The molecule has 0 amide bonds. The van der Waals surface area contributed by atoms with E-state index >= 15 is 0 Å². The summed E-state index contributed by atoms with van der Waals surface area (Å²) in [5.41, 5.74) is 2.35. The molecule has 0 N–H and O–H groups in total. The fourth-order valence-corrected chi connectivity index (χ4v) is 3.59. The van der Waals surface area contributed by atoms with E-state index in [-0.39, 0.29) is 0 Å². The monoisotopic (exact) mass is 264 g/mol. The van der Waals surface area contributed by atoms with Crippen molar-refractivity contribution in [2.75, 3.05) is 5.75 Å². The van der Waals surface area contributed by atoms with E-state index in [0.717, 1.165) is 23.0 Å². The quantitative estimate of drug-likeness (QED) is 0.823. The minimum absolute atomic E-state index is 0.548. The lowest BCUT2D eigenvalue weighted by Gasteiger charge is -2.10. The summed E-state index contributed by atoms with van der Waals surface area (Å²) in [6.45, 7) is 2.85. The van der Waals surface area contributed by atoms with E-state index in [9.17, 15) is 0 Å². The van der Waals surface area contributed by atoms with Crippen molar-refractivity contribution in [1.82, 2.24) is 9.78 Å². The third-order valence-electron chi connectivity index (χ3n) is 3.09. The van der Waals surface area contributed by atoms with Gasteiger partial charge in [0.1, 0.15) is 0 Å². The summed E-state index contributed by atoms with van der Waals surface area (Å²) in [4.78, 5) is 1.41. The van der Waals surface area contributed by atoms with Crippen molar-refractivity contribution < 1.29 is 0 Å². The molecule has 0 spiro atoms.